The molecule has 10 heteroatoms. The summed E-state index contributed by atoms with van der Waals surface area (Å²) < 4.78 is 41.3. The first-order chi connectivity index (χ1) is 14.7. The number of halogens is 1. The zero-order chi connectivity index (χ0) is 22.3. The van der Waals surface area contributed by atoms with Crippen LogP contribution in [0.5, 0.6) is 0 Å². The monoisotopic (exact) mass is 447 g/mol. The molecular weight excluding hydrogens is 421 g/mol. The number of sulfonamides is 1. The second-order valence-corrected chi connectivity index (χ2v) is 9.88. The summed E-state index contributed by atoms with van der Waals surface area (Å²) in [5, 5.41) is 3.07. The number of anilines is 1. The number of nitrogens with one attached hydrogen (secondary N) is 1. The van der Waals surface area contributed by atoms with Gasteiger partial charge in [0.05, 0.1) is 16.6 Å². The van der Waals surface area contributed by atoms with Crippen molar-refractivity contribution in [2.45, 2.75) is 50.6 Å². The highest BCUT2D eigenvalue weighted by Gasteiger charge is 2.35. The second-order valence-electron chi connectivity index (χ2n) is 7.97. The number of likely N-dealkylation sites (tertiary alicyclic amines) is 1. The molecule has 0 aliphatic carbocycles. The molecule has 1 N–H and O–H groups in total. The van der Waals surface area contributed by atoms with Crippen molar-refractivity contribution in [3.63, 3.8) is 0 Å². The third-order valence-electron chi connectivity index (χ3n) is 5.99. The summed E-state index contributed by atoms with van der Waals surface area (Å²) in [5.41, 5.74) is 1.90. The molecular formula is C21H26FN5O3S. The number of rotatable bonds is 4. The fourth-order valence-electron chi connectivity index (χ4n) is 4.42. The molecule has 1 atom stereocenters. The van der Waals surface area contributed by atoms with Gasteiger partial charge in [-0.3, -0.25) is 4.79 Å². The molecule has 1 amide bonds. The van der Waals surface area contributed by atoms with Gasteiger partial charge in [-0.15, -0.1) is 0 Å². The number of carbonyl (C=O) groups excluding carboxylic acids is 1. The van der Waals surface area contributed by atoms with Gasteiger partial charge in [-0.2, -0.15) is 4.31 Å². The van der Waals surface area contributed by atoms with Crippen molar-refractivity contribution in [2.24, 2.45) is 0 Å². The molecule has 166 valence electrons. The van der Waals surface area contributed by atoms with Crippen LogP contribution in [-0.2, 0) is 27.8 Å². The summed E-state index contributed by atoms with van der Waals surface area (Å²) in [6.45, 7) is 4.23. The predicted octanol–water partition coefficient (Wildman–Crippen LogP) is 2.40. The van der Waals surface area contributed by atoms with Gasteiger partial charge in [0.2, 0.25) is 15.9 Å². The Morgan fingerprint density at radius 2 is 2.03 bits per heavy atom. The zero-order valence-electron chi connectivity index (χ0n) is 17.9. The van der Waals surface area contributed by atoms with E-state index in [9.17, 15) is 17.6 Å². The number of amides is 1. The van der Waals surface area contributed by atoms with Crippen LogP contribution in [0.25, 0.3) is 0 Å². The maximum Gasteiger partial charge on any atom is 0.243 e. The van der Waals surface area contributed by atoms with E-state index in [1.807, 2.05) is 0 Å². The Labute approximate surface area is 181 Å². The number of hydrogen-bond acceptors (Lipinski definition) is 6. The SMILES string of the molecule is CNc1nc([C@@H]2CCCN2C(C)=O)nc2c1CN(S(=O)(=O)c1ccc(F)cc1C)CC2. The third-order valence-corrected chi connectivity index (χ3v) is 7.99. The lowest BCUT2D eigenvalue weighted by atomic mass is 10.1. The van der Waals surface area contributed by atoms with E-state index < -0.39 is 15.8 Å². The van der Waals surface area contributed by atoms with E-state index in [1.165, 1.54) is 16.4 Å². The number of carbonyl (C=O) groups is 1. The molecule has 0 spiro atoms. The van der Waals surface area contributed by atoms with Gasteiger partial charge >= 0.3 is 0 Å². The van der Waals surface area contributed by atoms with Crippen LogP contribution in [0.2, 0.25) is 0 Å². The third kappa shape index (κ3) is 3.89. The number of aryl methyl sites for hydroxylation is 1. The Balaban J connectivity index is 1.67. The molecule has 8 nitrogen and oxygen atoms in total. The molecule has 1 saturated heterocycles. The molecule has 4 rings (SSSR count). The average molecular weight is 448 g/mol. The van der Waals surface area contributed by atoms with Crippen LogP contribution in [0.3, 0.4) is 0 Å². The molecule has 2 aliphatic heterocycles. The topological polar surface area (TPSA) is 95.5 Å². The smallest absolute Gasteiger partial charge is 0.243 e. The molecule has 2 aliphatic rings. The molecule has 1 fully saturated rings. The number of fused-ring (bicyclic) bond motifs is 1. The molecule has 3 heterocycles. The van der Waals surface area contributed by atoms with Gasteiger partial charge in [0.1, 0.15) is 11.6 Å². The van der Waals surface area contributed by atoms with E-state index >= 15 is 0 Å². The first kappa shape index (κ1) is 21.6. The van der Waals surface area contributed by atoms with Crippen molar-refractivity contribution in [2.75, 3.05) is 25.5 Å². The van der Waals surface area contributed by atoms with Crippen molar-refractivity contribution < 1.29 is 17.6 Å². The summed E-state index contributed by atoms with van der Waals surface area (Å²) in [5.74, 6) is 0.708. The van der Waals surface area contributed by atoms with Crippen LogP contribution < -0.4 is 5.32 Å². The van der Waals surface area contributed by atoms with Crippen molar-refractivity contribution >= 4 is 21.7 Å². The Bertz CT molecular complexity index is 1120. The minimum atomic E-state index is -3.79. The van der Waals surface area contributed by atoms with Gasteiger partial charge in [0.25, 0.3) is 0 Å². The Hall–Kier alpha value is -2.59. The van der Waals surface area contributed by atoms with Crippen LogP contribution >= 0.6 is 0 Å². The Morgan fingerprint density at radius 1 is 1.26 bits per heavy atom. The van der Waals surface area contributed by atoms with E-state index in [-0.39, 0.29) is 29.9 Å². The quantitative estimate of drug-likeness (QED) is 0.773. The number of nitrogens with zero attached hydrogens (tertiary/aromatic N) is 4. The molecule has 2 aromatic rings. The largest absolute Gasteiger partial charge is 0.373 e. The van der Waals surface area contributed by atoms with Gasteiger partial charge in [-0.1, -0.05) is 0 Å². The average Bonchev–Trinajstić information content (AvgIpc) is 3.22. The summed E-state index contributed by atoms with van der Waals surface area (Å²) in [7, 11) is -2.06. The van der Waals surface area contributed by atoms with Gasteiger partial charge < -0.3 is 10.2 Å². The van der Waals surface area contributed by atoms with Crippen LogP contribution in [0.4, 0.5) is 10.2 Å². The van der Waals surface area contributed by atoms with Crippen molar-refractivity contribution in [1.29, 1.82) is 0 Å². The van der Waals surface area contributed by atoms with Gasteiger partial charge in [0.15, 0.2) is 5.82 Å². The van der Waals surface area contributed by atoms with Gasteiger partial charge in [-0.25, -0.2) is 22.8 Å². The second kappa shape index (κ2) is 8.16. The lowest BCUT2D eigenvalue weighted by Gasteiger charge is -2.30. The van der Waals surface area contributed by atoms with Crippen LogP contribution in [0.15, 0.2) is 23.1 Å². The standard InChI is InChI=1S/C21H26FN5O3S/c1-13-11-15(22)6-7-19(13)31(29,30)26-10-8-17-16(12-26)20(23-3)25-21(24-17)18-5-4-9-27(18)14(2)28/h6-7,11,18H,4-5,8-10,12H2,1-3H3,(H,23,24,25)/t18-/m0/s1. The van der Waals surface area contributed by atoms with Crippen LogP contribution in [0.1, 0.15) is 48.5 Å². The van der Waals surface area contributed by atoms with E-state index in [4.69, 9.17) is 4.98 Å². The highest BCUT2D eigenvalue weighted by molar-refractivity contribution is 7.89. The van der Waals surface area contributed by atoms with E-state index in [0.29, 0.717) is 30.2 Å². The van der Waals surface area contributed by atoms with E-state index in [1.54, 1.807) is 25.8 Å². The van der Waals surface area contributed by atoms with Gasteiger partial charge in [-0.05, 0) is 43.5 Å². The minimum Gasteiger partial charge on any atom is -0.373 e. The fraction of sp³-hybridized carbons (Fsp3) is 0.476. The molecule has 1 aromatic carbocycles. The first-order valence-electron chi connectivity index (χ1n) is 10.3. The van der Waals surface area contributed by atoms with Crippen molar-refractivity contribution in [1.82, 2.24) is 19.2 Å². The highest BCUT2D eigenvalue weighted by Crippen LogP contribution is 2.34. The molecule has 0 radical (unpaired) electrons. The summed E-state index contributed by atoms with van der Waals surface area (Å²) >= 11 is 0. The van der Waals surface area contributed by atoms with Crippen molar-refractivity contribution in [3.05, 3.63) is 46.7 Å². The minimum absolute atomic E-state index is 0.00163. The maximum absolute atomic E-state index is 13.5. The summed E-state index contributed by atoms with van der Waals surface area (Å²) in [6.07, 6.45) is 2.15. The van der Waals surface area contributed by atoms with E-state index in [2.05, 4.69) is 10.3 Å². The lowest BCUT2D eigenvalue weighted by molar-refractivity contribution is -0.129. The summed E-state index contributed by atoms with van der Waals surface area (Å²) in [4.78, 5) is 23.2. The maximum atomic E-state index is 13.5. The first-order valence-corrected chi connectivity index (χ1v) is 11.8. The molecule has 0 unspecified atom stereocenters. The number of aromatic nitrogens is 2. The predicted molar refractivity (Wildman–Crippen MR) is 113 cm³/mol. The van der Waals surface area contributed by atoms with Crippen molar-refractivity contribution in [3.8, 4) is 0 Å². The van der Waals surface area contributed by atoms with E-state index in [0.717, 1.165) is 30.2 Å². The number of benzene rings is 1. The fourth-order valence-corrected chi connectivity index (χ4v) is 6.04. The number of hydrogen-bond donors (Lipinski definition) is 1. The Kier molecular flexibility index (Phi) is 5.69. The van der Waals surface area contributed by atoms with Gasteiger partial charge in [0, 0.05) is 45.6 Å². The highest BCUT2D eigenvalue weighted by atomic mass is 32.2. The molecule has 0 saturated carbocycles. The molecule has 31 heavy (non-hydrogen) atoms. The van der Waals surface area contributed by atoms with Crippen LogP contribution in [0, 0.1) is 12.7 Å². The van der Waals surface area contributed by atoms with Crippen LogP contribution in [-0.4, -0.2) is 53.6 Å². The normalized spacial score (nSPS) is 19.4. The lowest BCUT2D eigenvalue weighted by Crippen LogP contribution is -2.38. The Morgan fingerprint density at radius 3 is 2.71 bits per heavy atom. The summed E-state index contributed by atoms with van der Waals surface area (Å²) in [6, 6.07) is 3.54. The zero-order valence-corrected chi connectivity index (χ0v) is 18.7. The molecule has 0 bridgehead atoms. The molecule has 1 aromatic heterocycles.